The summed E-state index contributed by atoms with van der Waals surface area (Å²) in [4.78, 5) is 4.22. The highest BCUT2D eigenvalue weighted by molar-refractivity contribution is 5.21. The van der Waals surface area contributed by atoms with E-state index >= 15 is 0 Å². The molecule has 94 valence electrons. The molecule has 2 aromatic heterocycles. The van der Waals surface area contributed by atoms with E-state index in [1.165, 1.54) is 29.5 Å². The molecule has 0 bridgehead atoms. The van der Waals surface area contributed by atoms with Gasteiger partial charge in [0.1, 0.15) is 0 Å². The molecule has 3 nitrogen and oxygen atoms in total. The summed E-state index contributed by atoms with van der Waals surface area (Å²) in [5, 5.41) is 0. The van der Waals surface area contributed by atoms with Crippen molar-refractivity contribution < 1.29 is 0 Å². The Labute approximate surface area is 108 Å². The third-order valence-electron chi connectivity index (χ3n) is 3.58. The summed E-state index contributed by atoms with van der Waals surface area (Å²) in [6.07, 6.45) is 10.7. The second-order valence-electron chi connectivity index (χ2n) is 5.35. The Morgan fingerprint density at radius 2 is 2.28 bits per heavy atom. The molecule has 18 heavy (non-hydrogen) atoms. The summed E-state index contributed by atoms with van der Waals surface area (Å²) in [5.41, 5.74) is 9.90. The summed E-state index contributed by atoms with van der Waals surface area (Å²) >= 11 is 0. The number of rotatable bonds is 4. The number of hydrogen-bond donors (Lipinski definition) is 1. The molecule has 1 aliphatic carbocycles. The van der Waals surface area contributed by atoms with Gasteiger partial charge in [0.15, 0.2) is 0 Å². The van der Waals surface area contributed by atoms with Crippen molar-refractivity contribution in [1.29, 1.82) is 0 Å². The molecular formula is C15H19N3. The maximum absolute atomic E-state index is 6.21. The van der Waals surface area contributed by atoms with Crippen molar-refractivity contribution >= 4 is 0 Å². The molecule has 1 unspecified atom stereocenters. The molecule has 0 saturated heterocycles. The van der Waals surface area contributed by atoms with E-state index in [-0.39, 0.29) is 6.04 Å². The predicted molar refractivity (Wildman–Crippen MR) is 72.2 cm³/mol. The quantitative estimate of drug-likeness (QED) is 0.894. The smallest absolute Gasteiger partial charge is 0.0485 e. The van der Waals surface area contributed by atoms with Crippen LogP contribution in [0, 0.1) is 12.8 Å². The highest BCUT2D eigenvalue weighted by Crippen LogP contribution is 2.39. The van der Waals surface area contributed by atoms with Gasteiger partial charge in [-0.05, 0) is 48.4 Å². The molecule has 0 spiro atoms. The number of hydrogen-bond acceptors (Lipinski definition) is 2. The first-order valence-corrected chi connectivity index (χ1v) is 6.54. The Balaban J connectivity index is 1.73. The van der Waals surface area contributed by atoms with Crippen molar-refractivity contribution in [3.63, 3.8) is 0 Å². The molecule has 0 aromatic carbocycles. The molecular weight excluding hydrogens is 222 g/mol. The Morgan fingerprint density at radius 1 is 1.44 bits per heavy atom. The fourth-order valence-corrected chi connectivity index (χ4v) is 2.40. The lowest BCUT2D eigenvalue weighted by Gasteiger charge is -2.07. The van der Waals surface area contributed by atoms with Gasteiger partial charge in [0, 0.05) is 37.4 Å². The molecule has 3 heteroatoms. The van der Waals surface area contributed by atoms with Crippen molar-refractivity contribution in [2.45, 2.75) is 32.4 Å². The first-order valence-electron chi connectivity index (χ1n) is 6.54. The molecule has 0 radical (unpaired) electrons. The van der Waals surface area contributed by atoms with Gasteiger partial charge >= 0.3 is 0 Å². The van der Waals surface area contributed by atoms with Crippen LogP contribution in [-0.4, -0.2) is 9.55 Å². The molecule has 3 rings (SSSR count). The molecule has 0 aliphatic heterocycles. The van der Waals surface area contributed by atoms with E-state index in [1.807, 2.05) is 12.4 Å². The van der Waals surface area contributed by atoms with Crippen molar-refractivity contribution in [2.75, 3.05) is 0 Å². The largest absolute Gasteiger partial charge is 0.350 e. The van der Waals surface area contributed by atoms with Crippen molar-refractivity contribution in [2.24, 2.45) is 11.7 Å². The zero-order valence-corrected chi connectivity index (χ0v) is 10.7. The van der Waals surface area contributed by atoms with Crippen LogP contribution in [0.25, 0.3) is 0 Å². The number of aryl methyl sites for hydroxylation is 1. The lowest BCUT2D eigenvalue weighted by Crippen LogP contribution is -2.11. The molecule has 1 atom stereocenters. The summed E-state index contributed by atoms with van der Waals surface area (Å²) in [5.74, 6) is 0.710. The first-order chi connectivity index (χ1) is 8.72. The van der Waals surface area contributed by atoms with E-state index < -0.39 is 0 Å². The number of pyridine rings is 1. The van der Waals surface area contributed by atoms with E-state index in [4.69, 9.17) is 5.73 Å². The molecule has 2 heterocycles. The van der Waals surface area contributed by atoms with Crippen LogP contribution in [0.15, 0.2) is 36.9 Å². The van der Waals surface area contributed by atoms with Gasteiger partial charge in [-0.1, -0.05) is 6.07 Å². The van der Waals surface area contributed by atoms with Gasteiger partial charge in [-0.2, -0.15) is 0 Å². The Kier molecular flexibility index (Phi) is 2.92. The fourth-order valence-electron chi connectivity index (χ4n) is 2.40. The minimum Gasteiger partial charge on any atom is -0.350 e. The standard InChI is InChI=1S/C15H19N3/c1-11-6-12(8-17-7-11)9-18-5-4-14(10-18)15(16)13-2-3-13/h4-8,10,13,15H,2-3,9,16H2,1H3. The maximum atomic E-state index is 6.21. The van der Waals surface area contributed by atoms with E-state index in [2.05, 4.69) is 41.0 Å². The van der Waals surface area contributed by atoms with Gasteiger partial charge in [0.2, 0.25) is 0 Å². The van der Waals surface area contributed by atoms with Gasteiger partial charge in [-0.15, -0.1) is 0 Å². The zero-order valence-electron chi connectivity index (χ0n) is 10.7. The second-order valence-corrected chi connectivity index (χ2v) is 5.35. The highest BCUT2D eigenvalue weighted by atomic mass is 14.9. The summed E-state index contributed by atoms with van der Waals surface area (Å²) in [6, 6.07) is 4.54. The van der Waals surface area contributed by atoms with Gasteiger partial charge < -0.3 is 10.3 Å². The predicted octanol–water partition coefficient (Wildman–Crippen LogP) is 2.65. The molecule has 0 amide bonds. The van der Waals surface area contributed by atoms with Gasteiger partial charge in [0.25, 0.3) is 0 Å². The zero-order chi connectivity index (χ0) is 12.5. The van der Waals surface area contributed by atoms with E-state index in [0.29, 0.717) is 5.92 Å². The van der Waals surface area contributed by atoms with Crippen LogP contribution in [0.2, 0.25) is 0 Å². The lowest BCUT2D eigenvalue weighted by atomic mass is 10.1. The number of nitrogens with two attached hydrogens (primary N) is 1. The molecule has 2 aromatic rings. The van der Waals surface area contributed by atoms with Crippen molar-refractivity contribution in [3.8, 4) is 0 Å². The molecule has 1 fully saturated rings. The van der Waals surface area contributed by atoms with E-state index in [1.54, 1.807) is 0 Å². The van der Waals surface area contributed by atoms with Crippen LogP contribution in [-0.2, 0) is 6.54 Å². The number of aromatic nitrogens is 2. The highest BCUT2D eigenvalue weighted by Gasteiger charge is 2.29. The summed E-state index contributed by atoms with van der Waals surface area (Å²) in [7, 11) is 0. The van der Waals surface area contributed by atoms with Crippen LogP contribution in [0.5, 0.6) is 0 Å². The third-order valence-corrected chi connectivity index (χ3v) is 3.58. The Bertz CT molecular complexity index is 540. The maximum Gasteiger partial charge on any atom is 0.0485 e. The average Bonchev–Trinajstić information content (AvgIpc) is 3.09. The number of nitrogens with zero attached hydrogens (tertiary/aromatic N) is 2. The first kappa shape index (κ1) is 11.5. The lowest BCUT2D eigenvalue weighted by molar-refractivity contribution is 0.631. The van der Waals surface area contributed by atoms with Crippen LogP contribution in [0.4, 0.5) is 0 Å². The van der Waals surface area contributed by atoms with Crippen LogP contribution < -0.4 is 5.73 Å². The minimum atomic E-state index is 0.224. The molecule has 1 aliphatic rings. The monoisotopic (exact) mass is 241 g/mol. The average molecular weight is 241 g/mol. The van der Waals surface area contributed by atoms with Crippen molar-refractivity contribution in [3.05, 3.63) is 53.6 Å². The Morgan fingerprint density at radius 3 is 3.00 bits per heavy atom. The van der Waals surface area contributed by atoms with Gasteiger partial charge in [-0.25, -0.2) is 0 Å². The molecule has 1 saturated carbocycles. The van der Waals surface area contributed by atoms with Crippen LogP contribution in [0.3, 0.4) is 0 Å². The van der Waals surface area contributed by atoms with Crippen LogP contribution >= 0.6 is 0 Å². The second kappa shape index (κ2) is 4.58. The fraction of sp³-hybridized carbons (Fsp3) is 0.400. The van der Waals surface area contributed by atoms with Crippen molar-refractivity contribution in [1.82, 2.24) is 9.55 Å². The van der Waals surface area contributed by atoms with Crippen LogP contribution in [0.1, 0.15) is 35.6 Å². The van der Waals surface area contributed by atoms with Gasteiger partial charge in [-0.3, -0.25) is 4.98 Å². The molecule has 2 N–H and O–H groups in total. The third kappa shape index (κ3) is 2.46. The Hall–Kier alpha value is -1.61. The summed E-state index contributed by atoms with van der Waals surface area (Å²) in [6.45, 7) is 2.94. The minimum absolute atomic E-state index is 0.224. The van der Waals surface area contributed by atoms with E-state index in [0.717, 1.165) is 6.54 Å². The van der Waals surface area contributed by atoms with Gasteiger partial charge in [0.05, 0.1) is 0 Å². The summed E-state index contributed by atoms with van der Waals surface area (Å²) < 4.78 is 2.19. The topological polar surface area (TPSA) is 43.8 Å². The SMILES string of the molecule is Cc1cncc(Cn2ccc(C(N)C3CC3)c2)c1. The normalized spacial score (nSPS) is 16.8. The van der Waals surface area contributed by atoms with E-state index in [9.17, 15) is 0 Å².